The molecule has 2 aliphatic rings. The summed E-state index contributed by atoms with van der Waals surface area (Å²) in [5, 5.41) is 7.75. The molecule has 1 saturated heterocycles. The van der Waals surface area contributed by atoms with E-state index in [1.165, 1.54) is 19.4 Å². The predicted molar refractivity (Wildman–Crippen MR) is 190 cm³/mol. The molecule has 15 heteroatoms. The second kappa shape index (κ2) is 17.7. The lowest BCUT2D eigenvalue weighted by molar-refractivity contribution is -0.149. The number of piperidine rings is 1. The van der Waals surface area contributed by atoms with E-state index in [0.29, 0.717) is 23.4 Å². The lowest BCUT2D eigenvalue weighted by Gasteiger charge is -2.37. The van der Waals surface area contributed by atoms with Crippen LogP contribution >= 0.6 is 11.3 Å². The van der Waals surface area contributed by atoms with Gasteiger partial charge in [-0.15, -0.1) is 11.3 Å². The molecule has 2 N–H and O–H groups in total. The minimum absolute atomic E-state index is 0.0242. The zero-order valence-corrected chi connectivity index (χ0v) is 31.8. The third-order valence-corrected chi connectivity index (χ3v) is 10.9. The van der Waals surface area contributed by atoms with E-state index < -0.39 is 59.1 Å². The van der Waals surface area contributed by atoms with E-state index in [2.05, 4.69) is 15.6 Å². The van der Waals surface area contributed by atoms with E-state index >= 15 is 0 Å². The summed E-state index contributed by atoms with van der Waals surface area (Å²) in [6, 6.07) is 1.68. The van der Waals surface area contributed by atoms with Gasteiger partial charge in [0.1, 0.15) is 27.9 Å². The number of methoxy groups -OCH3 is 1. The molecule has 52 heavy (non-hydrogen) atoms. The molecule has 12 nitrogen and oxygen atoms in total. The Kier molecular flexibility index (Phi) is 13.9. The largest absolute Gasteiger partial charge is 0.469 e. The molecule has 1 aliphatic carbocycles. The predicted octanol–water partition coefficient (Wildman–Crippen LogP) is 4.57. The number of hydrogen-bond acceptors (Lipinski definition) is 10. The molecule has 1 aromatic carbocycles. The molecule has 0 unspecified atom stereocenters. The summed E-state index contributed by atoms with van der Waals surface area (Å²) in [7, 11) is 4.87. The van der Waals surface area contributed by atoms with Gasteiger partial charge in [-0.25, -0.2) is 13.8 Å². The lowest BCUT2D eigenvalue weighted by atomic mass is 9.95. The number of aromatic nitrogens is 1. The van der Waals surface area contributed by atoms with Crippen molar-refractivity contribution in [3.8, 4) is 0 Å². The van der Waals surface area contributed by atoms with E-state index in [9.17, 15) is 32.8 Å². The maximum absolute atomic E-state index is 14.0. The summed E-state index contributed by atoms with van der Waals surface area (Å²) in [6.07, 6.45) is 3.27. The molecule has 1 aromatic heterocycles. The maximum atomic E-state index is 14.0. The molecule has 0 spiro atoms. The molecular weight excluding hydrogens is 696 g/mol. The van der Waals surface area contributed by atoms with Crippen molar-refractivity contribution in [2.45, 2.75) is 109 Å². The Morgan fingerprint density at radius 1 is 1.08 bits per heavy atom. The van der Waals surface area contributed by atoms with E-state index in [1.54, 1.807) is 18.9 Å². The molecule has 1 saturated carbocycles. The summed E-state index contributed by atoms with van der Waals surface area (Å²) < 4.78 is 38.5. The van der Waals surface area contributed by atoms with Gasteiger partial charge in [-0.3, -0.25) is 28.9 Å². The van der Waals surface area contributed by atoms with Gasteiger partial charge in [0.25, 0.3) is 5.91 Å². The van der Waals surface area contributed by atoms with Crippen LogP contribution in [0.4, 0.5) is 8.78 Å². The van der Waals surface area contributed by atoms with E-state index in [-0.39, 0.29) is 48.7 Å². The summed E-state index contributed by atoms with van der Waals surface area (Å²) >= 11 is 1.11. The summed E-state index contributed by atoms with van der Waals surface area (Å²) in [4.78, 5) is 73.4. The SMILES string of the molecule is COC(=O)[C@@H](C)C[C@H](Cc1cc(F)cc(F)c1)NC(=O)c1csc([C@@H](C[C@H](C(C)C)N(C)C(=O)C2(NC(=O)[C@H]3CCCCN3C)CC2)OC(C)=O)n1. The Morgan fingerprint density at radius 3 is 2.33 bits per heavy atom. The minimum Gasteiger partial charge on any atom is -0.469 e. The standard InChI is InChI=1S/C37H51F2N5O7S/c1-21(2)30(44(6)36(49)37(11-12-37)42-33(47)29-10-8-9-13-43(29)5)19-31(51-23(4)45)34-41-28(20-52-34)32(46)40-27(14-22(3)35(48)50-7)17-24-15-25(38)18-26(39)16-24/h15-16,18,20-22,27,29-31H,8-14,17,19H2,1-7H3,(H,40,46)(H,42,47)/t22-,27+,29+,30+,31+/m0/s1. The zero-order valence-electron chi connectivity index (χ0n) is 31.0. The number of amides is 3. The first kappa shape index (κ1) is 40.8. The smallest absolute Gasteiger partial charge is 0.308 e. The number of ether oxygens (including phenoxy) is 2. The first-order chi connectivity index (χ1) is 24.5. The van der Waals surface area contributed by atoms with Crippen LogP contribution in [0.1, 0.15) is 99.8 Å². The fourth-order valence-electron chi connectivity index (χ4n) is 6.96. The van der Waals surface area contributed by atoms with Crippen molar-refractivity contribution in [3.63, 3.8) is 0 Å². The third-order valence-electron chi connectivity index (χ3n) is 9.96. The van der Waals surface area contributed by atoms with Gasteiger partial charge < -0.3 is 25.0 Å². The van der Waals surface area contributed by atoms with Crippen LogP contribution in [0.25, 0.3) is 0 Å². The Hall–Kier alpha value is -3.98. The number of rotatable bonds is 16. The molecule has 4 rings (SSSR count). The number of halogens is 2. The Balaban J connectivity index is 1.49. The summed E-state index contributed by atoms with van der Waals surface area (Å²) in [5.74, 6) is -4.23. The van der Waals surface area contributed by atoms with E-state index in [0.717, 1.165) is 55.3 Å². The average molecular weight is 748 g/mol. The highest BCUT2D eigenvalue weighted by Gasteiger charge is 2.54. The highest BCUT2D eigenvalue weighted by molar-refractivity contribution is 7.09. The number of nitrogens with one attached hydrogen (secondary N) is 2. The Labute approximate surface area is 308 Å². The number of benzene rings is 1. The number of esters is 2. The number of thiazole rings is 1. The molecule has 2 fully saturated rings. The molecule has 286 valence electrons. The van der Waals surface area contributed by atoms with Crippen LogP contribution in [0.15, 0.2) is 23.6 Å². The number of nitrogens with zero attached hydrogens (tertiary/aromatic N) is 3. The highest BCUT2D eigenvalue weighted by atomic mass is 32.1. The number of hydrogen-bond donors (Lipinski definition) is 2. The molecule has 2 heterocycles. The van der Waals surface area contributed by atoms with Crippen LogP contribution in [0.3, 0.4) is 0 Å². The molecule has 1 aliphatic heterocycles. The van der Waals surface area contributed by atoms with Crippen molar-refractivity contribution < 1.29 is 42.2 Å². The van der Waals surface area contributed by atoms with Crippen LogP contribution in [-0.2, 0) is 35.1 Å². The van der Waals surface area contributed by atoms with Crippen molar-refractivity contribution in [2.24, 2.45) is 11.8 Å². The number of carbonyl (C=O) groups excluding carboxylic acids is 5. The van der Waals surface area contributed by atoms with Crippen molar-refractivity contribution >= 4 is 41.0 Å². The lowest BCUT2D eigenvalue weighted by Crippen LogP contribution is -2.57. The van der Waals surface area contributed by atoms with Crippen molar-refractivity contribution in [1.82, 2.24) is 25.4 Å². The van der Waals surface area contributed by atoms with Crippen molar-refractivity contribution in [3.05, 3.63) is 51.5 Å². The van der Waals surface area contributed by atoms with Gasteiger partial charge in [-0.1, -0.05) is 27.2 Å². The fraction of sp³-hybridized carbons (Fsp3) is 0.622. The summed E-state index contributed by atoms with van der Waals surface area (Å²) in [5.41, 5.74) is -0.656. The van der Waals surface area contributed by atoms with Crippen LogP contribution < -0.4 is 10.6 Å². The summed E-state index contributed by atoms with van der Waals surface area (Å²) in [6.45, 7) is 7.64. The van der Waals surface area contributed by atoms with Gasteiger partial charge in [0.15, 0.2) is 6.10 Å². The number of likely N-dealkylation sites (tertiary alicyclic amines) is 1. The second-order valence-electron chi connectivity index (χ2n) is 14.5. The zero-order chi connectivity index (χ0) is 38.3. The average Bonchev–Trinajstić information content (AvgIpc) is 3.67. The molecular formula is C37H51F2N5O7S. The molecule has 0 radical (unpaired) electrons. The van der Waals surface area contributed by atoms with Crippen molar-refractivity contribution in [2.75, 3.05) is 27.7 Å². The first-order valence-corrected chi connectivity index (χ1v) is 18.7. The molecule has 2 aromatic rings. The number of likely N-dealkylation sites (N-methyl/N-ethyl adjacent to an activating group) is 2. The number of carbonyl (C=O) groups is 5. The van der Waals surface area contributed by atoms with Crippen LogP contribution in [-0.4, -0.2) is 95.9 Å². The monoisotopic (exact) mass is 747 g/mol. The van der Waals surface area contributed by atoms with E-state index in [1.807, 2.05) is 25.8 Å². The third kappa shape index (κ3) is 10.6. The Bertz CT molecular complexity index is 1600. The van der Waals surface area contributed by atoms with Crippen LogP contribution in [0.2, 0.25) is 0 Å². The van der Waals surface area contributed by atoms with Crippen LogP contribution in [0.5, 0.6) is 0 Å². The van der Waals surface area contributed by atoms with Gasteiger partial charge in [-0.05, 0) is 75.7 Å². The molecule has 3 amide bonds. The van der Waals surface area contributed by atoms with Gasteiger partial charge >= 0.3 is 11.9 Å². The fourth-order valence-corrected chi connectivity index (χ4v) is 7.80. The van der Waals surface area contributed by atoms with Gasteiger partial charge in [0.05, 0.1) is 19.1 Å². The minimum atomic E-state index is -0.972. The first-order valence-electron chi connectivity index (χ1n) is 17.8. The van der Waals surface area contributed by atoms with Crippen LogP contribution in [0, 0.1) is 23.5 Å². The maximum Gasteiger partial charge on any atom is 0.308 e. The Morgan fingerprint density at radius 2 is 1.75 bits per heavy atom. The quantitative estimate of drug-likeness (QED) is 0.236. The topological polar surface area (TPSA) is 147 Å². The molecule has 5 atom stereocenters. The molecule has 0 bridgehead atoms. The normalized spacial score (nSPS) is 19.2. The van der Waals surface area contributed by atoms with Gasteiger partial charge in [0.2, 0.25) is 11.8 Å². The van der Waals surface area contributed by atoms with Crippen molar-refractivity contribution in [1.29, 1.82) is 0 Å². The van der Waals surface area contributed by atoms with E-state index in [4.69, 9.17) is 9.47 Å². The van der Waals surface area contributed by atoms with Gasteiger partial charge in [0, 0.05) is 43.9 Å². The highest BCUT2D eigenvalue weighted by Crippen LogP contribution is 2.40. The van der Waals surface area contributed by atoms with Gasteiger partial charge in [-0.2, -0.15) is 0 Å². The second-order valence-corrected chi connectivity index (χ2v) is 15.4.